The molecule has 1 amide bonds. The zero-order chi connectivity index (χ0) is 36.5. The monoisotopic (exact) mass is 718 g/mol. The van der Waals surface area contributed by atoms with Crippen LogP contribution in [0.3, 0.4) is 0 Å². The van der Waals surface area contributed by atoms with Crippen molar-refractivity contribution in [3.8, 4) is 0 Å². The van der Waals surface area contributed by atoms with E-state index in [1.807, 2.05) is 27.2 Å². The quantitative estimate of drug-likeness (QED) is 0.0256. The number of aliphatic hydroxyl groups excluding tert-OH is 1. The summed E-state index contributed by atoms with van der Waals surface area (Å²) in [4.78, 5) is 23.0. The van der Waals surface area contributed by atoms with Gasteiger partial charge in [-0.2, -0.15) is 0 Å². The number of carbonyl (C=O) groups excluding carboxylic acids is 1. The van der Waals surface area contributed by atoms with Gasteiger partial charge in [0.2, 0.25) is 5.91 Å². The number of phosphoric ester groups is 1. The van der Waals surface area contributed by atoms with E-state index in [1.165, 1.54) is 128 Å². The highest BCUT2D eigenvalue weighted by molar-refractivity contribution is 7.47. The Labute approximate surface area is 303 Å². The first-order chi connectivity index (χ1) is 23.5. The predicted molar refractivity (Wildman–Crippen MR) is 208 cm³/mol. The number of nitrogens with zero attached hydrogens (tertiary/aromatic N) is 1. The van der Waals surface area contributed by atoms with Crippen LogP contribution >= 0.6 is 7.82 Å². The Bertz CT molecular complexity index is 819. The van der Waals surface area contributed by atoms with Crippen molar-refractivity contribution in [2.45, 2.75) is 199 Å². The summed E-state index contributed by atoms with van der Waals surface area (Å²) in [7, 11) is 1.58. The second-order valence-corrected chi connectivity index (χ2v) is 16.8. The molecule has 0 aliphatic heterocycles. The van der Waals surface area contributed by atoms with Crippen LogP contribution < -0.4 is 5.32 Å². The SMILES string of the molecule is CCCCCCCCCC/C=C/[C@@H](O)[C@H](COP(=O)(O)OCC[N+](C)(C)C)NC(=O)CCCCCCCCCCCCCCCCCCC. The molecule has 0 fully saturated rings. The Morgan fingerprint density at radius 1 is 0.673 bits per heavy atom. The molecule has 0 heterocycles. The predicted octanol–water partition coefficient (Wildman–Crippen LogP) is 10.8. The second kappa shape index (κ2) is 33.1. The number of amides is 1. The van der Waals surface area contributed by atoms with Crippen LogP contribution in [-0.2, 0) is 18.4 Å². The van der Waals surface area contributed by atoms with Gasteiger partial charge in [0.05, 0.1) is 39.9 Å². The van der Waals surface area contributed by atoms with Gasteiger partial charge in [0.1, 0.15) is 13.2 Å². The molecule has 0 aromatic heterocycles. The van der Waals surface area contributed by atoms with Gasteiger partial charge in [-0.25, -0.2) is 4.57 Å². The first kappa shape index (κ1) is 48.2. The van der Waals surface area contributed by atoms with E-state index in [2.05, 4.69) is 19.2 Å². The largest absolute Gasteiger partial charge is 0.472 e. The van der Waals surface area contributed by atoms with Gasteiger partial charge in [0.15, 0.2) is 0 Å². The molecule has 292 valence electrons. The van der Waals surface area contributed by atoms with Crippen molar-refractivity contribution in [3.05, 3.63) is 12.2 Å². The van der Waals surface area contributed by atoms with E-state index in [0.717, 1.165) is 38.5 Å². The van der Waals surface area contributed by atoms with Crippen LogP contribution in [-0.4, -0.2) is 73.4 Å². The van der Waals surface area contributed by atoms with Crippen LogP contribution in [0.25, 0.3) is 0 Å². The summed E-state index contributed by atoms with van der Waals surface area (Å²) in [6, 6.07) is -0.837. The number of unbranched alkanes of at least 4 members (excludes halogenated alkanes) is 24. The molecule has 49 heavy (non-hydrogen) atoms. The fourth-order valence-corrected chi connectivity index (χ4v) is 6.66. The summed E-state index contributed by atoms with van der Waals surface area (Å²) >= 11 is 0. The molecule has 0 rings (SSSR count). The maximum absolute atomic E-state index is 12.8. The van der Waals surface area contributed by atoms with E-state index in [4.69, 9.17) is 9.05 Å². The molecule has 0 aromatic carbocycles. The highest BCUT2D eigenvalue weighted by Crippen LogP contribution is 2.43. The minimum atomic E-state index is -4.32. The first-order valence-corrected chi connectivity index (χ1v) is 22.1. The van der Waals surface area contributed by atoms with Gasteiger partial charge in [0.25, 0.3) is 0 Å². The Balaban J connectivity index is 4.38. The van der Waals surface area contributed by atoms with Crippen molar-refractivity contribution in [1.82, 2.24) is 5.32 Å². The van der Waals surface area contributed by atoms with E-state index in [0.29, 0.717) is 17.4 Å². The fourth-order valence-electron chi connectivity index (χ4n) is 5.92. The lowest BCUT2D eigenvalue weighted by Crippen LogP contribution is -2.45. The molecule has 3 atom stereocenters. The molecular formula is C40H82N2O6P+. The van der Waals surface area contributed by atoms with Gasteiger partial charge < -0.3 is 19.8 Å². The van der Waals surface area contributed by atoms with E-state index < -0.39 is 20.0 Å². The van der Waals surface area contributed by atoms with E-state index >= 15 is 0 Å². The zero-order valence-electron chi connectivity index (χ0n) is 32.9. The molecule has 0 aromatic rings. The average molecular weight is 718 g/mol. The standard InChI is InChI=1S/C40H81N2O6P/c1-6-8-10-12-14-16-18-19-20-21-22-23-24-26-28-30-32-34-40(44)41-38(37-48-49(45,46)47-36-35-42(3,4)5)39(43)33-31-29-27-25-17-15-13-11-9-7-2/h31,33,38-39,43H,6-30,32,34-37H2,1-5H3,(H-,41,44,45,46)/p+1/b33-31+/t38-,39+/m0/s1. The van der Waals surface area contributed by atoms with Crippen LogP contribution in [0.4, 0.5) is 0 Å². The lowest BCUT2D eigenvalue weighted by Gasteiger charge is -2.25. The average Bonchev–Trinajstić information content (AvgIpc) is 3.04. The molecule has 0 radical (unpaired) electrons. The molecule has 0 saturated carbocycles. The van der Waals surface area contributed by atoms with E-state index in [-0.39, 0.29) is 19.1 Å². The minimum Gasteiger partial charge on any atom is -0.387 e. The highest BCUT2D eigenvalue weighted by Gasteiger charge is 2.27. The molecule has 0 aliphatic carbocycles. The topological polar surface area (TPSA) is 105 Å². The summed E-state index contributed by atoms with van der Waals surface area (Å²) in [5, 5.41) is 13.7. The fraction of sp³-hybridized carbons (Fsp3) is 0.925. The highest BCUT2D eigenvalue weighted by atomic mass is 31.2. The van der Waals surface area contributed by atoms with Gasteiger partial charge >= 0.3 is 7.82 Å². The second-order valence-electron chi connectivity index (χ2n) is 15.4. The number of rotatable bonds is 37. The van der Waals surface area contributed by atoms with Crippen LogP contribution in [0.15, 0.2) is 12.2 Å². The van der Waals surface area contributed by atoms with Gasteiger partial charge in [-0.05, 0) is 19.3 Å². The van der Waals surface area contributed by atoms with Crippen molar-refractivity contribution in [2.75, 3.05) is 40.9 Å². The van der Waals surface area contributed by atoms with Crippen LogP contribution in [0.5, 0.6) is 0 Å². The molecule has 9 heteroatoms. The molecule has 0 aliphatic rings. The number of quaternary nitrogens is 1. The van der Waals surface area contributed by atoms with Crippen molar-refractivity contribution >= 4 is 13.7 Å². The van der Waals surface area contributed by atoms with Crippen molar-refractivity contribution < 1.29 is 32.9 Å². The Hall–Kier alpha value is -0.760. The molecule has 0 bridgehead atoms. The van der Waals surface area contributed by atoms with E-state index in [9.17, 15) is 19.4 Å². The maximum atomic E-state index is 12.8. The summed E-state index contributed by atoms with van der Waals surface area (Å²) in [6.07, 6.45) is 35.6. The molecule has 1 unspecified atom stereocenters. The Morgan fingerprint density at radius 2 is 1.08 bits per heavy atom. The number of phosphoric acid groups is 1. The molecule has 0 spiro atoms. The number of likely N-dealkylation sites (N-methyl/N-ethyl adjacent to an activating group) is 1. The van der Waals surface area contributed by atoms with Crippen molar-refractivity contribution in [2.24, 2.45) is 0 Å². The van der Waals surface area contributed by atoms with E-state index in [1.54, 1.807) is 6.08 Å². The lowest BCUT2D eigenvalue weighted by atomic mass is 10.0. The van der Waals surface area contributed by atoms with Crippen LogP contribution in [0.1, 0.15) is 187 Å². The molecular weight excluding hydrogens is 635 g/mol. The van der Waals surface area contributed by atoms with Crippen LogP contribution in [0.2, 0.25) is 0 Å². The summed E-state index contributed by atoms with van der Waals surface area (Å²) < 4.78 is 23.5. The maximum Gasteiger partial charge on any atom is 0.472 e. The molecule has 8 nitrogen and oxygen atoms in total. The third kappa shape index (κ3) is 35.4. The number of carbonyl (C=O) groups is 1. The van der Waals surface area contributed by atoms with Gasteiger partial charge in [0, 0.05) is 6.42 Å². The van der Waals surface area contributed by atoms with Gasteiger partial charge in [-0.1, -0.05) is 174 Å². The summed E-state index contributed by atoms with van der Waals surface area (Å²) in [5.74, 6) is -0.177. The summed E-state index contributed by atoms with van der Waals surface area (Å²) in [6.45, 7) is 4.79. The number of hydrogen-bond acceptors (Lipinski definition) is 5. The van der Waals surface area contributed by atoms with Gasteiger partial charge in [-0.3, -0.25) is 13.8 Å². The Kier molecular flexibility index (Phi) is 32.6. The van der Waals surface area contributed by atoms with Crippen LogP contribution in [0, 0.1) is 0 Å². The number of allylic oxidation sites excluding steroid dienone is 1. The smallest absolute Gasteiger partial charge is 0.387 e. The first-order valence-electron chi connectivity index (χ1n) is 20.6. The Morgan fingerprint density at radius 3 is 1.51 bits per heavy atom. The molecule has 0 saturated heterocycles. The van der Waals surface area contributed by atoms with Gasteiger partial charge in [-0.15, -0.1) is 0 Å². The molecule has 3 N–H and O–H groups in total. The number of aliphatic hydroxyl groups is 1. The lowest BCUT2D eigenvalue weighted by molar-refractivity contribution is -0.870. The van der Waals surface area contributed by atoms with Crippen molar-refractivity contribution in [3.63, 3.8) is 0 Å². The normalized spacial score (nSPS) is 14.7. The van der Waals surface area contributed by atoms with Crippen molar-refractivity contribution in [1.29, 1.82) is 0 Å². The zero-order valence-corrected chi connectivity index (χ0v) is 33.8. The number of nitrogens with one attached hydrogen (secondary N) is 1. The minimum absolute atomic E-state index is 0.0642. The third-order valence-corrected chi connectivity index (χ3v) is 10.2. The third-order valence-electron chi connectivity index (χ3n) is 9.26. The number of hydrogen-bond donors (Lipinski definition) is 3. The summed E-state index contributed by atoms with van der Waals surface area (Å²) in [5.41, 5.74) is 0.